The molecule has 0 saturated carbocycles. The Morgan fingerprint density at radius 1 is 1.18 bits per heavy atom. The van der Waals surface area contributed by atoms with E-state index in [9.17, 15) is 14.4 Å². The molecule has 0 aliphatic carbocycles. The van der Waals surface area contributed by atoms with E-state index in [0.717, 1.165) is 10.9 Å². The molecule has 2 aliphatic rings. The van der Waals surface area contributed by atoms with E-state index >= 15 is 0 Å². The van der Waals surface area contributed by atoms with Crippen LogP contribution in [0.25, 0.3) is 10.9 Å². The van der Waals surface area contributed by atoms with Gasteiger partial charge in [-0.3, -0.25) is 19.1 Å². The molecular formula is C23H26N4O6. The standard InChI is InChI=1S/C23H26N4O6/c1-23(2)32-19-16(27-9-8-18(28)25-22(27)30)12-31-17(20(19)33-23)10-24-21(29)14-11-26(3)15-7-5-4-6-13(14)15/h4-9,11,16-17,19-20H,10,12H2,1-3H3,(H,24,29)(H,25,28,30)/t16-,17-,19+,20-/m1/s1. The fraction of sp³-hybridized carbons (Fsp3) is 0.435. The average Bonchev–Trinajstić information content (AvgIpc) is 3.28. The van der Waals surface area contributed by atoms with Gasteiger partial charge in [0.15, 0.2) is 5.79 Å². The highest BCUT2D eigenvalue weighted by molar-refractivity contribution is 6.06. The smallest absolute Gasteiger partial charge is 0.328 e. The normalized spacial score (nSPS) is 26.3. The van der Waals surface area contributed by atoms with Crippen LogP contribution < -0.4 is 16.6 Å². The van der Waals surface area contributed by atoms with E-state index in [1.807, 2.05) is 35.9 Å². The van der Waals surface area contributed by atoms with Crippen molar-refractivity contribution < 1.29 is 19.0 Å². The Morgan fingerprint density at radius 3 is 2.73 bits per heavy atom. The van der Waals surface area contributed by atoms with Crippen LogP contribution in [0.5, 0.6) is 0 Å². The number of para-hydroxylation sites is 1. The summed E-state index contributed by atoms with van der Waals surface area (Å²) in [5.41, 5.74) is 0.551. The summed E-state index contributed by atoms with van der Waals surface area (Å²) in [5, 5.41) is 3.83. The van der Waals surface area contributed by atoms with Gasteiger partial charge in [0, 0.05) is 43.0 Å². The highest BCUT2D eigenvalue weighted by atomic mass is 16.8. The second-order valence-corrected chi connectivity index (χ2v) is 8.90. The summed E-state index contributed by atoms with van der Waals surface area (Å²) in [6.45, 7) is 3.98. The van der Waals surface area contributed by atoms with Gasteiger partial charge < -0.3 is 24.1 Å². The highest BCUT2D eigenvalue weighted by Crippen LogP contribution is 2.39. The van der Waals surface area contributed by atoms with E-state index in [2.05, 4.69) is 10.3 Å². The molecule has 0 unspecified atom stereocenters. The van der Waals surface area contributed by atoms with Gasteiger partial charge in [-0.1, -0.05) is 18.2 Å². The molecule has 10 heteroatoms. The lowest BCUT2D eigenvalue weighted by molar-refractivity contribution is -0.153. The maximum absolute atomic E-state index is 13.0. The number of rotatable bonds is 4. The van der Waals surface area contributed by atoms with Gasteiger partial charge in [-0.05, 0) is 19.9 Å². The van der Waals surface area contributed by atoms with Crippen molar-refractivity contribution in [2.24, 2.45) is 7.05 Å². The van der Waals surface area contributed by atoms with Gasteiger partial charge in [0.25, 0.3) is 11.5 Å². The largest absolute Gasteiger partial charge is 0.371 e. The maximum atomic E-state index is 13.0. The molecule has 174 valence electrons. The van der Waals surface area contributed by atoms with Gasteiger partial charge in [-0.25, -0.2) is 4.79 Å². The van der Waals surface area contributed by atoms with Crippen LogP contribution in [-0.4, -0.2) is 57.3 Å². The number of benzene rings is 1. The number of carbonyl (C=O) groups excluding carboxylic acids is 1. The Hall–Kier alpha value is -3.21. The van der Waals surface area contributed by atoms with Crippen molar-refractivity contribution in [3.63, 3.8) is 0 Å². The van der Waals surface area contributed by atoms with Crippen molar-refractivity contribution >= 4 is 16.8 Å². The molecule has 0 bridgehead atoms. The SMILES string of the molecule is Cn1cc(C(=O)NC[C@H]2OC[C@@H](n3ccc(=O)[nH]c3=O)[C@@H]3OC(C)(C)O[C@@H]32)c2ccccc21. The number of ether oxygens (including phenoxy) is 3. The molecule has 2 aliphatic heterocycles. The third-order valence-corrected chi connectivity index (χ3v) is 6.20. The minimum Gasteiger partial charge on any atom is -0.371 e. The van der Waals surface area contributed by atoms with Gasteiger partial charge in [0.05, 0.1) is 18.2 Å². The van der Waals surface area contributed by atoms with Crippen molar-refractivity contribution in [1.29, 1.82) is 0 Å². The maximum Gasteiger partial charge on any atom is 0.328 e. The quantitative estimate of drug-likeness (QED) is 0.606. The summed E-state index contributed by atoms with van der Waals surface area (Å²) < 4.78 is 21.6. The Balaban J connectivity index is 1.35. The number of nitrogens with zero attached hydrogens (tertiary/aromatic N) is 2. The Bertz CT molecular complexity index is 1320. The molecule has 5 rings (SSSR count). The number of aromatic amines is 1. The van der Waals surface area contributed by atoms with E-state index < -0.39 is 41.4 Å². The summed E-state index contributed by atoms with van der Waals surface area (Å²) in [7, 11) is 1.90. The van der Waals surface area contributed by atoms with E-state index in [0.29, 0.717) is 5.56 Å². The molecular weight excluding hydrogens is 428 g/mol. The van der Waals surface area contributed by atoms with Crippen LogP contribution in [0.4, 0.5) is 0 Å². The minimum absolute atomic E-state index is 0.168. The number of hydrogen-bond donors (Lipinski definition) is 2. The lowest BCUT2D eigenvalue weighted by atomic mass is 9.97. The first kappa shape index (κ1) is 21.6. The van der Waals surface area contributed by atoms with E-state index in [1.54, 1.807) is 20.0 Å². The molecule has 4 atom stereocenters. The predicted molar refractivity (Wildman–Crippen MR) is 119 cm³/mol. The van der Waals surface area contributed by atoms with Gasteiger partial charge in [0.1, 0.15) is 18.3 Å². The van der Waals surface area contributed by atoms with Crippen molar-refractivity contribution in [3.05, 3.63) is 69.1 Å². The highest BCUT2D eigenvalue weighted by Gasteiger charge is 2.52. The van der Waals surface area contributed by atoms with Crippen molar-refractivity contribution in [2.45, 2.75) is 44.0 Å². The van der Waals surface area contributed by atoms with Crippen molar-refractivity contribution in [1.82, 2.24) is 19.4 Å². The Labute approximate surface area is 189 Å². The Kier molecular flexibility index (Phi) is 5.23. The zero-order valence-corrected chi connectivity index (χ0v) is 18.6. The van der Waals surface area contributed by atoms with Crippen molar-refractivity contribution in [3.8, 4) is 0 Å². The van der Waals surface area contributed by atoms with Crippen LogP contribution in [0.15, 0.2) is 52.3 Å². The lowest BCUT2D eigenvalue weighted by Crippen LogP contribution is -2.54. The van der Waals surface area contributed by atoms with Gasteiger partial charge in [0.2, 0.25) is 0 Å². The minimum atomic E-state index is -0.884. The first-order valence-electron chi connectivity index (χ1n) is 10.8. The number of H-pyrrole nitrogens is 1. The van der Waals surface area contributed by atoms with Gasteiger partial charge >= 0.3 is 5.69 Å². The molecule has 0 spiro atoms. The predicted octanol–water partition coefficient (Wildman–Crippen LogP) is 0.918. The van der Waals surface area contributed by atoms with Crippen LogP contribution in [0.1, 0.15) is 30.2 Å². The number of hydrogen-bond acceptors (Lipinski definition) is 6. The molecule has 0 radical (unpaired) electrons. The summed E-state index contributed by atoms with van der Waals surface area (Å²) >= 11 is 0. The van der Waals surface area contributed by atoms with Crippen LogP contribution in [0.3, 0.4) is 0 Å². The van der Waals surface area contributed by atoms with Crippen LogP contribution in [0, 0.1) is 0 Å². The molecule has 33 heavy (non-hydrogen) atoms. The molecule has 2 N–H and O–H groups in total. The van der Waals surface area contributed by atoms with E-state index in [1.165, 1.54) is 16.8 Å². The van der Waals surface area contributed by atoms with Crippen LogP contribution in [-0.2, 0) is 21.3 Å². The van der Waals surface area contributed by atoms with E-state index in [4.69, 9.17) is 14.2 Å². The van der Waals surface area contributed by atoms with Crippen LogP contribution >= 0.6 is 0 Å². The third-order valence-electron chi connectivity index (χ3n) is 6.20. The second kappa shape index (κ2) is 7.98. The Morgan fingerprint density at radius 2 is 1.94 bits per heavy atom. The van der Waals surface area contributed by atoms with Crippen molar-refractivity contribution in [2.75, 3.05) is 13.2 Å². The molecule has 2 saturated heterocycles. The van der Waals surface area contributed by atoms with Gasteiger partial charge in [-0.2, -0.15) is 0 Å². The number of aryl methyl sites for hydroxylation is 1. The lowest BCUT2D eigenvalue weighted by Gasteiger charge is -2.37. The third kappa shape index (κ3) is 3.90. The molecule has 3 aromatic rings. The summed E-state index contributed by atoms with van der Waals surface area (Å²) in [5.74, 6) is -1.09. The topological polar surface area (TPSA) is 117 Å². The molecule has 4 heterocycles. The number of aromatic nitrogens is 3. The van der Waals surface area contributed by atoms with E-state index in [-0.39, 0.29) is 19.1 Å². The summed E-state index contributed by atoms with van der Waals surface area (Å²) in [4.78, 5) is 39.0. The fourth-order valence-corrected chi connectivity index (χ4v) is 4.73. The second-order valence-electron chi connectivity index (χ2n) is 8.90. The number of nitrogens with one attached hydrogen (secondary N) is 2. The zero-order valence-electron chi connectivity index (χ0n) is 18.6. The molecule has 2 fully saturated rings. The van der Waals surface area contributed by atoms with Crippen LogP contribution in [0.2, 0.25) is 0 Å². The molecule has 1 aromatic carbocycles. The molecule has 2 aromatic heterocycles. The molecule has 1 amide bonds. The first-order valence-corrected chi connectivity index (χ1v) is 10.8. The van der Waals surface area contributed by atoms with Gasteiger partial charge in [-0.15, -0.1) is 0 Å². The summed E-state index contributed by atoms with van der Waals surface area (Å²) in [6.07, 6.45) is 1.78. The fourth-order valence-electron chi connectivity index (χ4n) is 4.73. The first-order chi connectivity index (χ1) is 15.7. The average molecular weight is 454 g/mol. The zero-order chi connectivity index (χ0) is 23.3. The number of fused-ring (bicyclic) bond motifs is 2. The number of carbonyl (C=O) groups is 1. The number of amides is 1. The molecule has 10 nitrogen and oxygen atoms in total. The summed E-state index contributed by atoms with van der Waals surface area (Å²) in [6, 6.07) is 8.52. The monoisotopic (exact) mass is 454 g/mol.